The van der Waals surface area contributed by atoms with E-state index >= 15 is 0 Å². The Morgan fingerprint density at radius 2 is 1.68 bits per heavy atom. The van der Waals surface area contributed by atoms with Gasteiger partial charge in [0.15, 0.2) is 0 Å². The van der Waals surface area contributed by atoms with Gasteiger partial charge in [0.2, 0.25) is 0 Å². The molecule has 0 atom stereocenters. The Hall–Kier alpha value is -2.69. The Morgan fingerprint density at radius 1 is 1.04 bits per heavy atom. The topological polar surface area (TPSA) is 71.1 Å². The van der Waals surface area contributed by atoms with Crippen LogP contribution < -0.4 is 10.6 Å². The largest absolute Gasteiger partial charge is 0.349 e. The zero-order chi connectivity index (χ0) is 17.6. The van der Waals surface area contributed by atoms with Gasteiger partial charge in [-0.3, -0.25) is 14.6 Å². The summed E-state index contributed by atoms with van der Waals surface area (Å²) >= 11 is 0. The molecule has 2 N–H and O–H groups in total. The predicted molar refractivity (Wildman–Crippen MR) is 97.7 cm³/mol. The third-order valence-electron chi connectivity index (χ3n) is 4.57. The van der Waals surface area contributed by atoms with E-state index in [1.54, 1.807) is 6.07 Å². The number of anilines is 1. The van der Waals surface area contributed by atoms with E-state index < -0.39 is 0 Å². The average Bonchev–Trinajstić information content (AvgIpc) is 3.15. The number of carbonyl (C=O) groups is 2. The molecule has 1 aliphatic rings. The van der Waals surface area contributed by atoms with Crippen molar-refractivity contribution in [1.82, 2.24) is 10.3 Å². The van der Waals surface area contributed by atoms with Crippen LogP contribution in [0.2, 0.25) is 0 Å². The second kappa shape index (κ2) is 7.92. The summed E-state index contributed by atoms with van der Waals surface area (Å²) in [7, 11) is 0. The summed E-state index contributed by atoms with van der Waals surface area (Å²) in [6, 6.07) is 9.55. The molecule has 1 fully saturated rings. The molecule has 25 heavy (non-hydrogen) atoms. The summed E-state index contributed by atoms with van der Waals surface area (Å²) in [5.74, 6) is -0.436. The second-order valence-electron chi connectivity index (χ2n) is 6.42. The Balaban J connectivity index is 1.66. The molecule has 1 aromatic heterocycles. The van der Waals surface area contributed by atoms with Gasteiger partial charge in [-0.05, 0) is 43.0 Å². The number of carbonyl (C=O) groups excluding carboxylic acids is 2. The fourth-order valence-electron chi connectivity index (χ4n) is 3.05. The third kappa shape index (κ3) is 4.44. The van der Waals surface area contributed by atoms with Crippen LogP contribution in [0.25, 0.3) is 0 Å². The van der Waals surface area contributed by atoms with Gasteiger partial charge in [0.1, 0.15) is 0 Å². The van der Waals surface area contributed by atoms with Crippen molar-refractivity contribution < 1.29 is 9.59 Å². The van der Waals surface area contributed by atoms with Gasteiger partial charge >= 0.3 is 0 Å². The molecule has 2 amide bonds. The van der Waals surface area contributed by atoms with Crippen LogP contribution in [-0.4, -0.2) is 22.8 Å². The maximum Gasteiger partial charge on any atom is 0.257 e. The van der Waals surface area contributed by atoms with E-state index in [4.69, 9.17) is 0 Å². The quantitative estimate of drug-likeness (QED) is 0.876. The molecule has 0 unspecified atom stereocenters. The summed E-state index contributed by atoms with van der Waals surface area (Å²) in [6.07, 6.45) is 8.28. The molecule has 2 aromatic rings. The maximum absolute atomic E-state index is 12.4. The first-order valence-corrected chi connectivity index (χ1v) is 8.82. The predicted octanol–water partition coefficient (Wildman–Crippen LogP) is 3.57. The number of hydrogen-bond acceptors (Lipinski definition) is 3. The SMILES string of the molecule is CCc1ccc(NC(=O)c2cncc(C(=O)NC3CCCC3)c2)cc1. The molecule has 130 valence electrons. The molecule has 0 spiro atoms. The van der Waals surface area contributed by atoms with Gasteiger partial charge in [-0.15, -0.1) is 0 Å². The number of pyridine rings is 1. The van der Waals surface area contributed by atoms with Gasteiger partial charge in [0.25, 0.3) is 11.8 Å². The number of hydrogen-bond donors (Lipinski definition) is 2. The van der Waals surface area contributed by atoms with Gasteiger partial charge in [0, 0.05) is 24.1 Å². The molecule has 0 radical (unpaired) electrons. The van der Waals surface area contributed by atoms with Gasteiger partial charge in [-0.25, -0.2) is 0 Å². The molecule has 3 rings (SSSR count). The van der Waals surface area contributed by atoms with E-state index in [9.17, 15) is 9.59 Å². The molecule has 0 bridgehead atoms. The molecule has 1 aromatic carbocycles. The monoisotopic (exact) mass is 337 g/mol. The van der Waals surface area contributed by atoms with Crippen molar-refractivity contribution in [3.8, 4) is 0 Å². The standard InChI is InChI=1S/C20H23N3O2/c1-2-14-7-9-18(10-8-14)23-20(25)16-11-15(12-21-13-16)19(24)22-17-5-3-4-6-17/h7-13,17H,2-6H2,1H3,(H,22,24)(H,23,25). The van der Waals surface area contributed by atoms with Crippen LogP contribution >= 0.6 is 0 Å². The fourth-order valence-corrected chi connectivity index (χ4v) is 3.05. The van der Waals surface area contributed by atoms with Crippen LogP contribution in [0, 0.1) is 0 Å². The molecule has 1 saturated carbocycles. The zero-order valence-corrected chi connectivity index (χ0v) is 14.4. The summed E-state index contributed by atoms with van der Waals surface area (Å²) in [4.78, 5) is 28.8. The van der Waals surface area contributed by atoms with E-state index in [2.05, 4.69) is 22.5 Å². The van der Waals surface area contributed by atoms with E-state index in [-0.39, 0.29) is 17.9 Å². The van der Waals surface area contributed by atoms with Crippen molar-refractivity contribution in [2.75, 3.05) is 5.32 Å². The molecular weight excluding hydrogens is 314 g/mol. The number of amides is 2. The Bertz CT molecular complexity index is 750. The first-order valence-electron chi connectivity index (χ1n) is 8.82. The van der Waals surface area contributed by atoms with Crippen molar-refractivity contribution in [3.63, 3.8) is 0 Å². The van der Waals surface area contributed by atoms with Crippen LogP contribution in [0.4, 0.5) is 5.69 Å². The molecule has 5 nitrogen and oxygen atoms in total. The van der Waals surface area contributed by atoms with Gasteiger partial charge in [-0.1, -0.05) is 31.9 Å². The van der Waals surface area contributed by atoms with Crippen LogP contribution in [-0.2, 0) is 6.42 Å². The van der Waals surface area contributed by atoms with Crippen LogP contribution in [0.1, 0.15) is 58.9 Å². The third-order valence-corrected chi connectivity index (χ3v) is 4.57. The van der Waals surface area contributed by atoms with E-state index in [0.717, 1.165) is 37.8 Å². The highest BCUT2D eigenvalue weighted by molar-refractivity contribution is 6.05. The maximum atomic E-state index is 12.4. The summed E-state index contributed by atoms with van der Waals surface area (Å²) < 4.78 is 0. The fraction of sp³-hybridized carbons (Fsp3) is 0.350. The number of benzene rings is 1. The Kier molecular flexibility index (Phi) is 5.43. The first-order chi connectivity index (χ1) is 12.2. The lowest BCUT2D eigenvalue weighted by atomic mass is 10.1. The number of nitrogens with one attached hydrogen (secondary N) is 2. The summed E-state index contributed by atoms with van der Waals surface area (Å²) in [5, 5.41) is 5.85. The Morgan fingerprint density at radius 3 is 2.32 bits per heavy atom. The molecule has 5 heteroatoms. The first kappa shape index (κ1) is 17.1. The van der Waals surface area contributed by atoms with E-state index in [1.807, 2.05) is 24.3 Å². The molecular formula is C20H23N3O2. The van der Waals surface area contributed by atoms with Gasteiger partial charge < -0.3 is 10.6 Å². The van der Waals surface area contributed by atoms with Gasteiger partial charge in [0.05, 0.1) is 11.1 Å². The van der Waals surface area contributed by atoms with E-state index in [0.29, 0.717) is 11.1 Å². The van der Waals surface area contributed by atoms with E-state index in [1.165, 1.54) is 18.0 Å². The highest BCUT2D eigenvalue weighted by Gasteiger charge is 2.19. The zero-order valence-electron chi connectivity index (χ0n) is 14.4. The lowest BCUT2D eigenvalue weighted by Gasteiger charge is -2.12. The minimum atomic E-state index is -0.271. The lowest BCUT2D eigenvalue weighted by Crippen LogP contribution is -2.32. The average molecular weight is 337 g/mol. The summed E-state index contributed by atoms with van der Waals surface area (Å²) in [6.45, 7) is 2.08. The van der Waals surface area contributed by atoms with Gasteiger partial charge in [-0.2, -0.15) is 0 Å². The molecule has 0 saturated heterocycles. The summed E-state index contributed by atoms with van der Waals surface area (Å²) in [5.41, 5.74) is 2.73. The van der Waals surface area contributed by atoms with Crippen molar-refractivity contribution in [1.29, 1.82) is 0 Å². The van der Waals surface area contributed by atoms with Crippen molar-refractivity contribution in [2.45, 2.75) is 45.1 Å². The Labute approximate surface area is 147 Å². The highest BCUT2D eigenvalue weighted by atomic mass is 16.2. The second-order valence-corrected chi connectivity index (χ2v) is 6.42. The highest BCUT2D eigenvalue weighted by Crippen LogP contribution is 2.18. The number of aromatic nitrogens is 1. The smallest absolute Gasteiger partial charge is 0.257 e. The minimum absolute atomic E-state index is 0.165. The molecule has 0 aliphatic heterocycles. The lowest BCUT2D eigenvalue weighted by molar-refractivity contribution is 0.0937. The minimum Gasteiger partial charge on any atom is -0.349 e. The van der Waals surface area contributed by atoms with Crippen molar-refractivity contribution >= 4 is 17.5 Å². The van der Waals surface area contributed by atoms with Crippen molar-refractivity contribution in [3.05, 3.63) is 59.4 Å². The number of aryl methyl sites for hydroxylation is 1. The number of nitrogens with zero attached hydrogens (tertiary/aromatic N) is 1. The molecule has 1 aliphatic carbocycles. The number of rotatable bonds is 5. The normalized spacial score (nSPS) is 14.3. The van der Waals surface area contributed by atoms with Crippen LogP contribution in [0.5, 0.6) is 0 Å². The molecule has 1 heterocycles. The van der Waals surface area contributed by atoms with Crippen molar-refractivity contribution in [2.24, 2.45) is 0 Å². The van der Waals surface area contributed by atoms with Crippen LogP contribution in [0.15, 0.2) is 42.7 Å². The van der Waals surface area contributed by atoms with Crippen LogP contribution in [0.3, 0.4) is 0 Å².